The number of hydrogen-bond donors (Lipinski definition) is 6. The average molecular weight is 1000 g/mol. The summed E-state index contributed by atoms with van der Waals surface area (Å²) in [5.74, 6) is -0.213. The van der Waals surface area contributed by atoms with Gasteiger partial charge in [-0.15, -0.1) is 0 Å². The molecule has 10 rings (SSSR count). The van der Waals surface area contributed by atoms with Crippen molar-refractivity contribution in [1.29, 1.82) is 0 Å². The summed E-state index contributed by atoms with van der Waals surface area (Å²) in [6.07, 6.45) is 26.3. The third kappa shape index (κ3) is 10.3. The van der Waals surface area contributed by atoms with E-state index in [1.54, 1.807) is 12.1 Å². The van der Waals surface area contributed by atoms with E-state index in [-0.39, 0.29) is 53.7 Å². The van der Waals surface area contributed by atoms with Crippen LogP contribution in [-0.2, 0) is 38.4 Å². The fourth-order valence-electron chi connectivity index (χ4n) is 12.8. The van der Waals surface area contributed by atoms with Crippen LogP contribution in [-0.4, -0.2) is 73.8 Å². The van der Waals surface area contributed by atoms with E-state index in [2.05, 4.69) is 81.6 Å². The summed E-state index contributed by atoms with van der Waals surface area (Å²) in [5, 5.41) is 50.1. The van der Waals surface area contributed by atoms with Crippen molar-refractivity contribution >= 4 is 34.0 Å². The first-order valence-electron chi connectivity index (χ1n) is 26.7. The maximum atomic E-state index is 14.9. The molecule has 13 heteroatoms. The molecule has 13 nitrogen and oxygen atoms in total. The summed E-state index contributed by atoms with van der Waals surface area (Å²) in [6, 6.07) is 13.9. The number of ketones is 2. The Balaban J connectivity index is 1.18. The molecular weight excluding hydrogens is 933 g/mol. The number of hydrogen-bond acceptors (Lipinski definition) is 11. The van der Waals surface area contributed by atoms with Crippen molar-refractivity contribution in [2.75, 3.05) is 25.1 Å². The van der Waals surface area contributed by atoms with E-state index < -0.39 is 41.1 Å². The van der Waals surface area contributed by atoms with Gasteiger partial charge in [0.2, 0.25) is 5.75 Å². The second kappa shape index (κ2) is 21.5. The highest BCUT2D eigenvalue weighted by atomic mass is 16.5. The highest BCUT2D eigenvalue weighted by Gasteiger charge is 2.38. The van der Waals surface area contributed by atoms with Crippen LogP contribution >= 0.6 is 0 Å². The first-order valence-corrected chi connectivity index (χ1v) is 26.7. The van der Waals surface area contributed by atoms with Crippen LogP contribution in [0, 0.1) is 17.3 Å². The van der Waals surface area contributed by atoms with E-state index in [0.717, 1.165) is 87.9 Å². The van der Waals surface area contributed by atoms with Gasteiger partial charge in [0.1, 0.15) is 29.2 Å². The number of Topliss-reactive ketones (excluding diaryl/α,β-unsaturated/α-hetero) is 2. The summed E-state index contributed by atoms with van der Waals surface area (Å²) in [6.45, 7) is 4.47. The molecule has 388 valence electrons. The third-order valence-electron chi connectivity index (χ3n) is 16.8. The minimum atomic E-state index is -0.749. The van der Waals surface area contributed by atoms with Crippen molar-refractivity contribution in [2.45, 2.75) is 128 Å². The molecule has 6 atom stereocenters. The van der Waals surface area contributed by atoms with Crippen molar-refractivity contribution in [1.82, 2.24) is 14.9 Å². The summed E-state index contributed by atoms with van der Waals surface area (Å²) < 4.78 is 13.7. The Labute approximate surface area is 433 Å². The predicted molar refractivity (Wildman–Crippen MR) is 285 cm³/mol. The molecule has 6 N–H and O–H groups in total. The zero-order chi connectivity index (χ0) is 51.7. The zero-order valence-corrected chi connectivity index (χ0v) is 42.8. The van der Waals surface area contributed by atoms with E-state index in [0.29, 0.717) is 63.6 Å². The van der Waals surface area contributed by atoms with E-state index in [9.17, 15) is 34.8 Å². The van der Waals surface area contributed by atoms with Gasteiger partial charge in [-0.25, -0.2) is 0 Å². The lowest BCUT2D eigenvalue weighted by Crippen LogP contribution is -2.36. The van der Waals surface area contributed by atoms with E-state index in [4.69, 9.17) is 9.47 Å². The molecule has 0 amide bonds. The fourth-order valence-corrected chi connectivity index (χ4v) is 12.8. The van der Waals surface area contributed by atoms with Crippen molar-refractivity contribution in [3.8, 4) is 23.0 Å². The molecule has 74 heavy (non-hydrogen) atoms. The number of anilines is 1. The first kappa shape index (κ1) is 50.5. The fraction of sp³-hybridized carbons (Fsp3) is 0.426. The minimum absolute atomic E-state index is 0.0200. The molecule has 3 aromatic carbocycles. The Morgan fingerprint density at radius 2 is 1.74 bits per heavy atom. The number of nitrogens with zero attached hydrogens (tertiary/aromatic N) is 2. The minimum Gasteiger partial charge on any atom is -0.508 e. The van der Waals surface area contributed by atoms with Gasteiger partial charge in [-0.3, -0.25) is 14.4 Å². The molecule has 5 aromatic rings. The van der Waals surface area contributed by atoms with Crippen molar-refractivity contribution < 1.29 is 44.3 Å². The van der Waals surface area contributed by atoms with Crippen LogP contribution in [0.15, 0.2) is 115 Å². The molecule has 0 radical (unpaired) electrons. The van der Waals surface area contributed by atoms with Crippen LogP contribution in [0.5, 0.6) is 23.0 Å². The van der Waals surface area contributed by atoms with Gasteiger partial charge in [0.25, 0.3) is 0 Å². The number of aromatic nitrogens is 2. The Hall–Kier alpha value is -6.99. The Bertz CT molecular complexity index is 3060. The number of allylic oxidation sites excluding steroid dienone is 6. The standard InChI is InChI=1S/C61H70N4O9/c1-37-10-7-8-22-61(37)23-19-47(74-38(2)66)31-46(68)32-53(42-28-56(71)60(72)57(29-42)73-3)65-36-50-51(16-15-48-55(70)18-17-52(65)59(48)50)64(25-21-54(69)39-11-5-4-6-12-39)58-30-41(20-24-63-58)49(40-13-9-14-45(67)26-40)27-43-34-62-35-44(43)33-61/h7-10,13-16,20,22,26,28-30,34-37,39,47,49,53,55,62-63,67,70-72H,4-6,11-12,17-19,21,23-25,27,31-33H2,1-3H3/t37-,47+,49+,53+,55+,61-/m0/s1. The number of carbonyl (C=O) groups excluding carboxylic acids is 3. The molecule has 1 saturated carbocycles. The topological polar surface area (TPSA) is 187 Å². The number of dihydropyridines is 1. The lowest BCUT2D eigenvalue weighted by molar-refractivity contribution is -0.148. The number of fused-ring (bicyclic) bond motifs is 4. The highest BCUT2D eigenvalue weighted by Crippen LogP contribution is 2.48. The highest BCUT2D eigenvalue weighted by molar-refractivity contribution is 6.00. The number of rotatable bonds is 8. The monoisotopic (exact) mass is 1000 g/mol. The molecule has 2 aromatic heterocycles. The molecule has 5 aliphatic rings. The number of methoxy groups -OCH3 is 1. The van der Waals surface area contributed by atoms with E-state index in [1.807, 2.05) is 30.5 Å². The Morgan fingerprint density at radius 1 is 0.919 bits per heavy atom. The number of benzene rings is 3. The largest absolute Gasteiger partial charge is 0.508 e. The number of aromatic hydroxyl groups is 3. The number of aryl methyl sites for hydroxylation is 1. The normalized spacial score (nSPS) is 24.7. The number of phenolic OH excluding ortho intramolecular Hbond substituents is 3. The molecule has 2 aliphatic heterocycles. The Kier molecular flexibility index (Phi) is 14.7. The van der Waals surface area contributed by atoms with Gasteiger partial charge in [0.15, 0.2) is 11.5 Å². The predicted octanol–water partition coefficient (Wildman–Crippen LogP) is 10.8. The van der Waals surface area contributed by atoms with Crippen LogP contribution in [0.3, 0.4) is 0 Å². The van der Waals surface area contributed by atoms with Crippen LogP contribution < -0.4 is 15.0 Å². The van der Waals surface area contributed by atoms with Crippen LogP contribution in [0.25, 0.3) is 10.8 Å². The number of esters is 1. The summed E-state index contributed by atoms with van der Waals surface area (Å²) >= 11 is 0. The van der Waals surface area contributed by atoms with Gasteiger partial charge in [-0.1, -0.05) is 74.8 Å². The molecule has 1 fully saturated rings. The number of carbonyl (C=O) groups is 3. The van der Waals surface area contributed by atoms with E-state index in [1.165, 1.54) is 20.1 Å². The van der Waals surface area contributed by atoms with Gasteiger partial charge >= 0.3 is 5.97 Å². The van der Waals surface area contributed by atoms with Gasteiger partial charge in [0, 0.05) is 86.2 Å². The van der Waals surface area contributed by atoms with Gasteiger partial charge in [-0.05, 0) is 132 Å². The number of aliphatic hydroxyl groups excluding tert-OH is 1. The SMILES string of the molecule is COc1cc([C@H]2CC(=O)C[C@H](OC(C)=O)CC[C@@]3(C=CC=C[C@@H]3C)Cc3c[nH]cc3C[C@H](c3cccc(O)c3)C3=CCNC(=C3)N(CCC(=O)C3CCCCC3)c3ccc4c5c(n2cc35)CC[C@H]4O)cc(O)c1O. The smallest absolute Gasteiger partial charge is 0.302 e. The molecular formula is C61H70N4O9. The summed E-state index contributed by atoms with van der Waals surface area (Å²) in [4.78, 5) is 47.7. The number of nitrogens with one attached hydrogen (secondary N) is 2. The van der Waals surface area contributed by atoms with Crippen LogP contribution in [0.2, 0.25) is 0 Å². The van der Waals surface area contributed by atoms with Crippen molar-refractivity contribution in [3.05, 3.63) is 148 Å². The maximum Gasteiger partial charge on any atom is 0.302 e. The molecule has 1 spiro atoms. The lowest BCUT2D eigenvalue weighted by Gasteiger charge is -2.38. The van der Waals surface area contributed by atoms with E-state index >= 15 is 0 Å². The second-order valence-corrected chi connectivity index (χ2v) is 21.4. The summed E-state index contributed by atoms with van der Waals surface area (Å²) in [5.41, 5.74) is 6.91. The van der Waals surface area contributed by atoms with Gasteiger partial charge in [0.05, 0.1) is 24.9 Å². The second-order valence-electron chi connectivity index (χ2n) is 21.4. The molecule has 0 unspecified atom stereocenters. The number of ether oxygens (including phenoxy) is 2. The molecule has 0 saturated heterocycles. The maximum absolute atomic E-state index is 14.9. The average Bonchev–Trinajstić information content (AvgIpc) is 4.01. The van der Waals surface area contributed by atoms with Crippen molar-refractivity contribution in [2.24, 2.45) is 17.3 Å². The summed E-state index contributed by atoms with van der Waals surface area (Å²) in [7, 11) is 1.41. The number of H-pyrrole nitrogens is 1. The van der Waals surface area contributed by atoms with Crippen LogP contribution in [0.4, 0.5) is 5.69 Å². The molecule has 3 aliphatic carbocycles. The lowest BCUT2D eigenvalue weighted by atomic mass is 9.66. The zero-order valence-electron chi connectivity index (χ0n) is 42.8. The quantitative estimate of drug-likeness (QED) is 0.0642. The number of phenols is 3. The Morgan fingerprint density at radius 3 is 2.53 bits per heavy atom. The first-order chi connectivity index (χ1) is 35.8. The third-order valence-corrected chi connectivity index (χ3v) is 16.8. The molecule has 4 heterocycles. The van der Waals surface area contributed by atoms with Crippen molar-refractivity contribution in [3.63, 3.8) is 0 Å². The van der Waals surface area contributed by atoms with Gasteiger partial charge < -0.3 is 49.7 Å². The number of aromatic amines is 1. The van der Waals surface area contributed by atoms with Crippen LogP contribution in [0.1, 0.15) is 136 Å². The molecule has 4 bridgehead atoms. The van der Waals surface area contributed by atoms with Gasteiger partial charge in [-0.2, -0.15) is 0 Å². The number of aliphatic hydroxyl groups is 1.